The summed E-state index contributed by atoms with van der Waals surface area (Å²) in [6.45, 7) is -3.31. The Balaban J connectivity index is 3.55. The Labute approximate surface area is 112 Å². The Bertz CT molecular complexity index is 594. The van der Waals surface area contributed by atoms with E-state index in [0.29, 0.717) is 6.07 Å². The lowest BCUT2D eigenvalue weighted by atomic mass is 10.3. The third-order valence-corrected chi connectivity index (χ3v) is 3.59. The van der Waals surface area contributed by atoms with E-state index in [1.165, 1.54) is 0 Å². The Kier molecular flexibility index (Phi) is 4.46. The summed E-state index contributed by atoms with van der Waals surface area (Å²) >= 11 is 2.70. The zero-order valence-electron chi connectivity index (χ0n) is 8.14. The second-order valence-corrected chi connectivity index (χ2v) is 6.22. The molecule has 0 saturated carbocycles. The van der Waals surface area contributed by atoms with Crippen LogP contribution in [0.25, 0.3) is 0 Å². The van der Waals surface area contributed by atoms with Gasteiger partial charge in [-0.25, -0.2) is 8.42 Å². The standard InChI is InChI=1S/C7H3BrClF2NO5S/c8-4-1-3(12(13)14)2-5(18(9,15)16)6(4)17-7(10)11/h1-2,7H. The van der Waals surface area contributed by atoms with E-state index < -0.39 is 36.9 Å². The first-order chi connectivity index (χ1) is 8.12. The lowest BCUT2D eigenvalue weighted by Gasteiger charge is -2.10. The monoisotopic (exact) mass is 365 g/mol. The van der Waals surface area contributed by atoms with Gasteiger partial charge in [-0.1, -0.05) is 0 Å². The predicted octanol–water partition coefficient (Wildman–Crippen LogP) is 2.89. The van der Waals surface area contributed by atoms with E-state index in [1.807, 2.05) is 0 Å². The van der Waals surface area contributed by atoms with Crippen LogP contribution in [0, 0.1) is 10.1 Å². The molecule has 1 aromatic carbocycles. The van der Waals surface area contributed by atoms with Gasteiger partial charge in [0.2, 0.25) is 0 Å². The van der Waals surface area contributed by atoms with Gasteiger partial charge in [0.25, 0.3) is 14.7 Å². The van der Waals surface area contributed by atoms with Crippen LogP contribution in [0.3, 0.4) is 0 Å². The number of nitrogens with zero attached hydrogens (tertiary/aromatic N) is 1. The number of nitro groups is 1. The second kappa shape index (κ2) is 5.33. The van der Waals surface area contributed by atoms with Gasteiger partial charge < -0.3 is 4.74 Å². The summed E-state index contributed by atoms with van der Waals surface area (Å²) in [5.41, 5.74) is -0.636. The highest BCUT2D eigenvalue weighted by Gasteiger charge is 2.26. The lowest BCUT2D eigenvalue weighted by Crippen LogP contribution is -2.07. The van der Waals surface area contributed by atoms with Crippen molar-refractivity contribution in [3.8, 4) is 5.75 Å². The minimum atomic E-state index is -4.48. The molecular formula is C7H3BrClF2NO5S. The van der Waals surface area contributed by atoms with Gasteiger partial charge in [0, 0.05) is 22.8 Å². The average Bonchev–Trinajstić information content (AvgIpc) is 2.17. The molecule has 0 unspecified atom stereocenters. The van der Waals surface area contributed by atoms with Crippen LogP contribution in [-0.2, 0) is 9.05 Å². The van der Waals surface area contributed by atoms with E-state index in [1.54, 1.807) is 0 Å². The molecule has 0 atom stereocenters. The molecule has 0 saturated heterocycles. The summed E-state index contributed by atoms with van der Waals surface area (Å²) in [7, 11) is 0.522. The van der Waals surface area contributed by atoms with Crippen LogP contribution in [0.1, 0.15) is 0 Å². The maximum Gasteiger partial charge on any atom is 0.387 e. The molecule has 0 heterocycles. The van der Waals surface area contributed by atoms with Gasteiger partial charge in [0.1, 0.15) is 4.90 Å². The van der Waals surface area contributed by atoms with Gasteiger partial charge in [-0.3, -0.25) is 10.1 Å². The minimum Gasteiger partial charge on any atom is -0.432 e. The van der Waals surface area contributed by atoms with Crippen molar-refractivity contribution in [2.75, 3.05) is 0 Å². The van der Waals surface area contributed by atoms with Gasteiger partial charge in [-0.15, -0.1) is 0 Å². The molecule has 0 aliphatic carbocycles. The first-order valence-electron chi connectivity index (χ1n) is 4.00. The number of alkyl halides is 2. The van der Waals surface area contributed by atoms with Crippen LogP contribution in [-0.4, -0.2) is 20.0 Å². The van der Waals surface area contributed by atoms with Crippen LogP contribution in [0.15, 0.2) is 21.5 Å². The molecule has 0 N–H and O–H groups in total. The molecule has 0 aliphatic rings. The third kappa shape index (κ3) is 3.50. The number of ether oxygens (including phenoxy) is 1. The summed E-state index contributed by atoms with van der Waals surface area (Å²) in [5.74, 6) is -0.786. The number of benzene rings is 1. The molecule has 0 fully saturated rings. The quantitative estimate of drug-likeness (QED) is 0.464. The van der Waals surface area contributed by atoms with Crippen molar-refractivity contribution in [1.82, 2.24) is 0 Å². The smallest absolute Gasteiger partial charge is 0.387 e. The summed E-state index contributed by atoms with van der Waals surface area (Å²) in [5, 5.41) is 10.5. The van der Waals surface area contributed by atoms with Gasteiger partial charge >= 0.3 is 6.61 Å². The van der Waals surface area contributed by atoms with Gasteiger partial charge in [0.05, 0.1) is 9.40 Å². The molecule has 1 aromatic rings. The molecule has 0 amide bonds. The zero-order valence-corrected chi connectivity index (χ0v) is 11.3. The number of non-ortho nitro benzene ring substituents is 1. The minimum absolute atomic E-state index is 0.323. The second-order valence-electron chi connectivity index (χ2n) is 2.83. The summed E-state index contributed by atoms with van der Waals surface area (Å²) in [6, 6.07) is 1.36. The summed E-state index contributed by atoms with van der Waals surface area (Å²) in [6.07, 6.45) is 0. The van der Waals surface area contributed by atoms with Crippen LogP contribution in [0.5, 0.6) is 5.75 Å². The molecule has 6 nitrogen and oxygen atoms in total. The Morgan fingerprint density at radius 2 is 2.00 bits per heavy atom. The van der Waals surface area contributed by atoms with E-state index >= 15 is 0 Å². The molecule has 11 heteroatoms. The molecule has 0 aliphatic heterocycles. The van der Waals surface area contributed by atoms with Crippen molar-refractivity contribution in [2.45, 2.75) is 11.5 Å². The number of nitro benzene ring substituents is 1. The van der Waals surface area contributed by atoms with Crippen LogP contribution < -0.4 is 4.74 Å². The molecule has 18 heavy (non-hydrogen) atoms. The number of hydrogen-bond donors (Lipinski definition) is 0. The van der Waals surface area contributed by atoms with Gasteiger partial charge in [-0.05, 0) is 15.9 Å². The van der Waals surface area contributed by atoms with Crippen LogP contribution in [0.4, 0.5) is 14.5 Å². The Morgan fingerprint density at radius 1 is 1.44 bits per heavy atom. The highest BCUT2D eigenvalue weighted by molar-refractivity contribution is 9.10. The topological polar surface area (TPSA) is 86.5 Å². The van der Waals surface area contributed by atoms with Crippen molar-refractivity contribution in [3.05, 3.63) is 26.7 Å². The fourth-order valence-electron chi connectivity index (χ4n) is 1.04. The SMILES string of the molecule is O=[N+]([O-])c1cc(Br)c(OC(F)F)c(S(=O)(=O)Cl)c1. The fraction of sp³-hybridized carbons (Fsp3) is 0.143. The maximum atomic E-state index is 12.1. The van der Waals surface area contributed by atoms with Crippen molar-refractivity contribution in [2.24, 2.45) is 0 Å². The molecule has 1 rings (SSSR count). The highest BCUT2D eigenvalue weighted by atomic mass is 79.9. The Morgan fingerprint density at radius 3 is 2.39 bits per heavy atom. The maximum absolute atomic E-state index is 12.1. The molecular weight excluding hydrogens is 363 g/mol. The predicted molar refractivity (Wildman–Crippen MR) is 60.5 cm³/mol. The molecule has 0 spiro atoms. The van der Waals surface area contributed by atoms with Gasteiger partial charge in [-0.2, -0.15) is 8.78 Å². The number of hydrogen-bond acceptors (Lipinski definition) is 5. The van der Waals surface area contributed by atoms with Crippen molar-refractivity contribution < 1.29 is 26.9 Å². The average molecular weight is 367 g/mol. The van der Waals surface area contributed by atoms with Crippen LogP contribution in [0.2, 0.25) is 0 Å². The van der Waals surface area contributed by atoms with Crippen molar-refractivity contribution in [3.63, 3.8) is 0 Å². The normalized spacial score (nSPS) is 11.6. The van der Waals surface area contributed by atoms with E-state index in [2.05, 4.69) is 20.7 Å². The zero-order chi connectivity index (χ0) is 14.1. The molecule has 0 aromatic heterocycles. The van der Waals surface area contributed by atoms with Gasteiger partial charge in [0.15, 0.2) is 5.75 Å². The first kappa shape index (κ1) is 15.1. The number of rotatable bonds is 4. The van der Waals surface area contributed by atoms with Crippen LogP contribution >= 0.6 is 26.6 Å². The molecule has 0 radical (unpaired) electrons. The fourth-order valence-corrected chi connectivity index (χ4v) is 2.70. The van der Waals surface area contributed by atoms with E-state index in [4.69, 9.17) is 10.7 Å². The molecule has 100 valence electrons. The largest absolute Gasteiger partial charge is 0.432 e. The van der Waals surface area contributed by atoms with E-state index in [0.717, 1.165) is 6.07 Å². The summed E-state index contributed by atoms with van der Waals surface area (Å²) in [4.78, 5) is 8.71. The lowest BCUT2D eigenvalue weighted by molar-refractivity contribution is -0.385. The number of halogens is 4. The highest BCUT2D eigenvalue weighted by Crippen LogP contribution is 2.38. The summed E-state index contributed by atoms with van der Waals surface area (Å²) < 4.78 is 50.2. The first-order valence-corrected chi connectivity index (χ1v) is 7.10. The third-order valence-electron chi connectivity index (χ3n) is 1.67. The molecule has 0 bridgehead atoms. The van der Waals surface area contributed by atoms with Crippen molar-refractivity contribution in [1.29, 1.82) is 0 Å². The van der Waals surface area contributed by atoms with Crippen molar-refractivity contribution >= 4 is 41.4 Å². The Hall–Kier alpha value is -1.00. The van der Waals surface area contributed by atoms with E-state index in [9.17, 15) is 27.3 Å². The van der Waals surface area contributed by atoms with E-state index in [-0.39, 0.29) is 4.47 Å².